The van der Waals surface area contributed by atoms with Crippen LogP contribution < -0.4 is 5.73 Å². The second-order valence-corrected chi connectivity index (χ2v) is 6.84. The number of hydrogen-bond acceptors (Lipinski definition) is 3. The molecule has 1 atom stereocenters. The fraction of sp³-hybridized carbons (Fsp3) is 0.800. The number of likely N-dealkylation sites (tertiary alicyclic amines) is 1. The van der Waals surface area contributed by atoms with Gasteiger partial charge in [-0.2, -0.15) is 5.10 Å². The molecule has 1 saturated heterocycles. The third kappa shape index (κ3) is 4.23. The van der Waals surface area contributed by atoms with E-state index in [0.717, 1.165) is 19.0 Å². The number of nitrogens with zero attached hydrogens (tertiary/aromatic N) is 3. The van der Waals surface area contributed by atoms with Gasteiger partial charge in [-0.3, -0.25) is 4.68 Å². The monoisotopic (exact) mass is 264 g/mol. The molecule has 0 saturated carbocycles. The summed E-state index contributed by atoms with van der Waals surface area (Å²) in [6.45, 7) is 11.6. The molecule has 1 aromatic heterocycles. The summed E-state index contributed by atoms with van der Waals surface area (Å²) in [6, 6.07) is 1.86. The molecule has 0 amide bonds. The number of hydrogen-bond donors (Lipinski definition) is 1. The third-order valence-corrected chi connectivity index (χ3v) is 4.35. The maximum atomic E-state index is 5.63. The van der Waals surface area contributed by atoms with Crippen LogP contribution in [0.15, 0.2) is 12.3 Å². The smallest absolute Gasteiger partial charge is 0.145 e. The van der Waals surface area contributed by atoms with Crippen LogP contribution in [0, 0.1) is 11.3 Å². The van der Waals surface area contributed by atoms with Crippen molar-refractivity contribution in [3.05, 3.63) is 12.3 Å². The van der Waals surface area contributed by atoms with Crippen LogP contribution in [0.3, 0.4) is 0 Å². The molecule has 0 aliphatic carbocycles. The van der Waals surface area contributed by atoms with Gasteiger partial charge in [0.2, 0.25) is 0 Å². The maximum Gasteiger partial charge on any atom is 0.145 e. The van der Waals surface area contributed by atoms with Gasteiger partial charge in [0.05, 0.1) is 6.54 Å². The van der Waals surface area contributed by atoms with Gasteiger partial charge in [-0.15, -0.1) is 0 Å². The van der Waals surface area contributed by atoms with Crippen LogP contribution in [0.2, 0.25) is 0 Å². The van der Waals surface area contributed by atoms with Crippen molar-refractivity contribution in [1.29, 1.82) is 0 Å². The van der Waals surface area contributed by atoms with Gasteiger partial charge in [-0.1, -0.05) is 20.8 Å². The van der Waals surface area contributed by atoms with Gasteiger partial charge in [0.25, 0.3) is 0 Å². The molecule has 1 aliphatic heterocycles. The first-order valence-corrected chi connectivity index (χ1v) is 7.46. The highest BCUT2D eigenvalue weighted by Crippen LogP contribution is 2.34. The highest BCUT2D eigenvalue weighted by molar-refractivity contribution is 5.23. The van der Waals surface area contributed by atoms with Gasteiger partial charge in [0, 0.05) is 12.7 Å². The molecule has 1 aromatic rings. The summed E-state index contributed by atoms with van der Waals surface area (Å²) < 4.78 is 1.95. The lowest BCUT2D eigenvalue weighted by atomic mass is 9.77. The molecule has 2 rings (SSSR count). The Morgan fingerprint density at radius 3 is 2.68 bits per heavy atom. The first kappa shape index (κ1) is 14.4. The number of rotatable bonds is 3. The second-order valence-electron chi connectivity index (χ2n) is 6.84. The quantitative estimate of drug-likeness (QED) is 0.913. The zero-order valence-corrected chi connectivity index (χ0v) is 12.6. The Hall–Kier alpha value is -1.03. The minimum atomic E-state index is 0.451. The normalized spacial score (nSPS) is 22.4. The van der Waals surface area contributed by atoms with E-state index in [1.165, 1.54) is 32.4 Å². The minimum Gasteiger partial charge on any atom is -0.382 e. The molecule has 2 N–H and O–H groups in total. The Labute approximate surface area is 117 Å². The van der Waals surface area contributed by atoms with Crippen molar-refractivity contribution in [2.24, 2.45) is 11.3 Å². The van der Waals surface area contributed by atoms with E-state index in [0.29, 0.717) is 11.2 Å². The Kier molecular flexibility index (Phi) is 4.50. The molecule has 19 heavy (non-hydrogen) atoms. The van der Waals surface area contributed by atoms with E-state index in [2.05, 4.69) is 30.8 Å². The Bertz CT molecular complexity index is 391. The van der Waals surface area contributed by atoms with Gasteiger partial charge in [0.15, 0.2) is 0 Å². The highest BCUT2D eigenvalue weighted by atomic mass is 15.3. The molecule has 1 aliphatic rings. The topological polar surface area (TPSA) is 47.1 Å². The molecule has 0 bridgehead atoms. The predicted molar refractivity (Wildman–Crippen MR) is 79.9 cm³/mol. The van der Waals surface area contributed by atoms with Crippen LogP contribution in [0.4, 0.5) is 5.82 Å². The summed E-state index contributed by atoms with van der Waals surface area (Å²) in [4.78, 5) is 2.57. The van der Waals surface area contributed by atoms with E-state index >= 15 is 0 Å². The lowest BCUT2D eigenvalue weighted by Gasteiger charge is -2.29. The molecule has 4 heteroatoms. The lowest BCUT2D eigenvalue weighted by Crippen LogP contribution is -2.29. The molecule has 0 spiro atoms. The molecule has 1 unspecified atom stereocenters. The summed E-state index contributed by atoms with van der Waals surface area (Å²) >= 11 is 0. The van der Waals surface area contributed by atoms with E-state index in [-0.39, 0.29) is 0 Å². The third-order valence-electron chi connectivity index (χ3n) is 4.35. The van der Waals surface area contributed by atoms with E-state index in [4.69, 9.17) is 5.73 Å². The van der Waals surface area contributed by atoms with Crippen LogP contribution in [0.25, 0.3) is 0 Å². The van der Waals surface area contributed by atoms with Crippen molar-refractivity contribution >= 4 is 5.82 Å². The highest BCUT2D eigenvalue weighted by Gasteiger charge is 2.26. The standard InChI is InChI=1S/C15H28N4/c1-15(2,3)13-5-4-8-18(9-6-13)11-12-19-10-7-14(16)17-19/h7,10,13H,4-6,8-9,11-12H2,1-3H3,(H2,16,17). The first-order chi connectivity index (χ1) is 8.95. The number of aromatic nitrogens is 2. The fourth-order valence-corrected chi connectivity index (χ4v) is 2.99. The van der Waals surface area contributed by atoms with Crippen molar-refractivity contribution < 1.29 is 0 Å². The van der Waals surface area contributed by atoms with Crippen molar-refractivity contribution in [2.75, 3.05) is 25.4 Å². The zero-order valence-electron chi connectivity index (χ0n) is 12.6. The summed E-state index contributed by atoms with van der Waals surface area (Å²) in [6.07, 6.45) is 5.98. The van der Waals surface area contributed by atoms with Crippen LogP contribution in [0.1, 0.15) is 40.0 Å². The fourth-order valence-electron chi connectivity index (χ4n) is 2.99. The number of nitrogens with two attached hydrogens (primary N) is 1. The van der Waals surface area contributed by atoms with Crippen LogP contribution in [-0.4, -0.2) is 34.3 Å². The van der Waals surface area contributed by atoms with E-state index < -0.39 is 0 Å². The average molecular weight is 264 g/mol. The van der Waals surface area contributed by atoms with E-state index in [1.54, 1.807) is 0 Å². The van der Waals surface area contributed by atoms with Gasteiger partial charge >= 0.3 is 0 Å². The molecule has 4 nitrogen and oxygen atoms in total. The minimum absolute atomic E-state index is 0.451. The van der Waals surface area contributed by atoms with Crippen LogP contribution in [0.5, 0.6) is 0 Å². The summed E-state index contributed by atoms with van der Waals surface area (Å²) in [5.74, 6) is 1.47. The predicted octanol–water partition coefficient (Wildman–Crippen LogP) is 2.61. The van der Waals surface area contributed by atoms with Crippen LogP contribution >= 0.6 is 0 Å². The Morgan fingerprint density at radius 1 is 1.26 bits per heavy atom. The lowest BCUT2D eigenvalue weighted by molar-refractivity contribution is 0.206. The molecule has 108 valence electrons. The van der Waals surface area contributed by atoms with E-state index in [9.17, 15) is 0 Å². The molecule has 2 heterocycles. The maximum absolute atomic E-state index is 5.63. The summed E-state index contributed by atoms with van der Waals surface area (Å²) in [5.41, 5.74) is 6.08. The summed E-state index contributed by atoms with van der Waals surface area (Å²) in [5, 5.41) is 4.24. The first-order valence-electron chi connectivity index (χ1n) is 7.46. The molecule has 1 fully saturated rings. The summed E-state index contributed by atoms with van der Waals surface area (Å²) in [7, 11) is 0. The average Bonchev–Trinajstić information content (AvgIpc) is 2.61. The van der Waals surface area contributed by atoms with Crippen molar-refractivity contribution in [3.63, 3.8) is 0 Å². The molecule has 0 radical (unpaired) electrons. The Morgan fingerprint density at radius 2 is 2.05 bits per heavy atom. The van der Waals surface area contributed by atoms with Crippen molar-refractivity contribution in [2.45, 2.75) is 46.6 Å². The van der Waals surface area contributed by atoms with Gasteiger partial charge in [-0.25, -0.2) is 0 Å². The second kappa shape index (κ2) is 5.95. The largest absolute Gasteiger partial charge is 0.382 e. The molecular weight excluding hydrogens is 236 g/mol. The van der Waals surface area contributed by atoms with Gasteiger partial charge in [-0.05, 0) is 49.8 Å². The van der Waals surface area contributed by atoms with Crippen LogP contribution in [-0.2, 0) is 6.54 Å². The van der Waals surface area contributed by atoms with Gasteiger partial charge < -0.3 is 10.6 Å². The SMILES string of the molecule is CC(C)(C)C1CCCN(CCn2ccc(N)n2)CC1. The zero-order chi connectivity index (χ0) is 13.9. The van der Waals surface area contributed by atoms with Crippen molar-refractivity contribution in [1.82, 2.24) is 14.7 Å². The van der Waals surface area contributed by atoms with E-state index in [1.807, 2.05) is 16.9 Å². The molecular formula is C15H28N4. The Balaban J connectivity index is 1.80. The number of nitrogen functional groups attached to an aromatic ring is 1. The number of anilines is 1. The molecule has 0 aromatic carbocycles. The van der Waals surface area contributed by atoms with Gasteiger partial charge in [0.1, 0.15) is 5.82 Å². The van der Waals surface area contributed by atoms with Crippen molar-refractivity contribution in [3.8, 4) is 0 Å².